The average molecular weight is 230 g/mol. The third kappa shape index (κ3) is 5.19. The fourth-order valence-electron chi connectivity index (χ4n) is 1.45. The van der Waals surface area contributed by atoms with E-state index in [0.29, 0.717) is 6.04 Å². The lowest BCUT2D eigenvalue weighted by Crippen LogP contribution is -2.24. The Morgan fingerprint density at radius 2 is 2.06 bits per heavy atom. The third-order valence-corrected chi connectivity index (χ3v) is 2.35. The van der Waals surface area contributed by atoms with E-state index in [-0.39, 0.29) is 5.91 Å². The molecule has 17 heavy (non-hydrogen) atoms. The maximum atomic E-state index is 10.8. The number of benzene rings is 1. The number of amides is 1. The van der Waals surface area contributed by atoms with Crippen LogP contribution < -0.4 is 10.6 Å². The quantitative estimate of drug-likeness (QED) is 0.761. The van der Waals surface area contributed by atoms with E-state index in [1.807, 2.05) is 24.3 Å². The summed E-state index contributed by atoms with van der Waals surface area (Å²) in [6.45, 7) is 4.34. The van der Waals surface area contributed by atoms with E-state index < -0.39 is 0 Å². The van der Waals surface area contributed by atoms with Gasteiger partial charge in [-0.25, -0.2) is 0 Å². The first-order valence-electron chi connectivity index (χ1n) is 5.65. The second-order valence-corrected chi connectivity index (χ2v) is 4.07. The molecule has 1 rings (SSSR count). The molecule has 0 spiro atoms. The van der Waals surface area contributed by atoms with Gasteiger partial charge in [0, 0.05) is 31.6 Å². The van der Waals surface area contributed by atoms with Crippen molar-refractivity contribution < 1.29 is 4.79 Å². The second kappa shape index (κ2) is 6.72. The predicted octanol–water partition coefficient (Wildman–Crippen LogP) is 2.15. The molecule has 1 aromatic rings. The summed E-state index contributed by atoms with van der Waals surface area (Å²) in [7, 11) is 0. The van der Waals surface area contributed by atoms with Gasteiger partial charge in [0.25, 0.3) is 0 Å². The maximum Gasteiger partial charge on any atom is 0.221 e. The molecule has 0 aliphatic heterocycles. The molecule has 0 bridgehead atoms. The Kier molecular flexibility index (Phi) is 5.25. The summed E-state index contributed by atoms with van der Waals surface area (Å²) >= 11 is 0. The van der Waals surface area contributed by atoms with Gasteiger partial charge in [0.2, 0.25) is 5.91 Å². The van der Waals surface area contributed by atoms with Gasteiger partial charge in [-0.3, -0.25) is 4.79 Å². The van der Waals surface area contributed by atoms with Gasteiger partial charge in [-0.05, 0) is 24.6 Å². The molecule has 0 saturated heterocycles. The van der Waals surface area contributed by atoms with E-state index in [1.165, 1.54) is 12.5 Å². The molecule has 1 aromatic carbocycles. The highest BCUT2D eigenvalue weighted by Crippen LogP contribution is 2.09. The number of hydrogen-bond acceptors (Lipinski definition) is 2. The van der Waals surface area contributed by atoms with Crippen molar-refractivity contribution in [1.29, 1.82) is 0 Å². The predicted molar refractivity (Wildman–Crippen MR) is 70.5 cm³/mol. The topological polar surface area (TPSA) is 41.1 Å². The number of nitrogens with one attached hydrogen (secondary N) is 2. The summed E-state index contributed by atoms with van der Waals surface area (Å²) in [4.78, 5) is 10.8. The molecule has 2 N–H and O–H groups in total. The van der Waals surface area contributed by atoms with Gasteiger partial charge >= 0.3 is 0 Å². The minimum atomic E-state index is -0.0569. The SMILES string of the molecule is C#CCC(C)NCc1ccc(NC(C)=O)cc1. The Bertz CT molecular complexity index is 403. The number of hydrogen-bond donors (Lipinski definition) is 2. The first kappa shape index (κ1) is 13.3. The molecule has 3 nitrogen and oxygen atoms in total. The largest absolute Gasteiger partial charge is 0.326 e. The third-order valence-electron chi connectivity index (χ3n) is 2.35. The van der Waals surface area contributed by atoms with E-state index in [9.17, 15) is 4.79 Å². The van der Waals surface area contributed by atoms with Crippen molar-refractivity contribution in [2.24, 2.45) is 0 Å². The van der Waals surface area contributed by atoms with Gasteiger partial charge < -0.3 is 10.6 Å². The Balaban J connectivity index is 2.46. The number of terminal acetylenes is 1. The highest BCUT2D eigenvalue weighted by atomic mass is 16.1. The van der Waals surface area contributed by atoms with Gasteiger partial charge in [0.05, 0.1) is 0 Å². The van der Waals surface area contributed by atoms with Crippen LogP contribution in [0.25, 0.3) is 0 Å². The van der Waals surface area contributed by atoms with Crippen molar-refractivity contribution >= 4 is 11.6 Å². The summed E-state index contributed by atoms with van der Waals surface area (Å²) in [5.41, 5.74) is 1.99. The van der Waals surface area contributed by atoms with Crippen LogP contribution in [0.15, 0.2) is 24.3 Å². The Morgan fingerprint density at radius 3 is 2.59 bits per heavy atom. The molecule has 0 aromatic heterocycles. The summed E-state index contributed by atoms with van der Waals surface area (Å²) in [5.74, 6) is 2.57. The van der Waals surface area contributed by atoms with Crippen molar-refractivity contribution in [1.82, 2.24) is 5.32 Å². The lowest BCUT2D eigenvalue weighted by atomic mass is 10.2. The fraction of sp³-hybridized carbons (Fsp3) is 0.357. The van der Waals surface area contributed by atoms with Crippen LogP contribution in [-0.4, -0.2) is 11.9 Å². The molecule has 1 amide bonds. The second-order valence-electron chi connectivity index (χ2n) is 4.07. The molecule has 0 heterocycles. The molecular formula is C14H18N2O. The molecule has 0 saturated carbocycles. The molecule has 3 heteroatoms. The van der Waals surface area contributed by atoms with Crippen LogP contribution in [0.5, 0.6) is 0 Å². The molecule has 1 atom stereocenters. The van der Waals surface area contributed by atoms with Crippen LogP contribution in [0.4, 0.5) is 5.69 Å². The lowest BCUT2D eigenvalue weighted by molar-refractivity contribution is -0.114. The standard InChI is InChI=1S/C14H18N2O/c1-4-5-11(2)15-10-13-6-8-14(9-7-13)16-12(3)17/h1,6-9,11,15H,5,10H2,2-3H3,(H,16,17). The average Bonchev–Trinajstić information content (AvgIpc) is 2.28. The Morgan fingerprint density at radius 1 is 1.41 bits per heavy atom. The Hall–Kier alpha value is -1.79. The Labute approximate surface area is 103 Å². The van der Waals surface area contributed by atoms with Crippen molar-refractivity contribution in [3.8, 4) is 12.3 Å². The molecule has 0 aliphatic carbocycles. The minimum absolute atomic E-state index is 0.0569. The van der Waals surface area contributed by atoms with Crippen LogP contribution in [-0.2, 0) is 11.3 Å². The van der Waals surface area contributed by atoms with Crippen LogP contribution >= 0.6 is 0 Å². The summed E-state index contributed by atoms with van der Waals surface area (Å²) in [5, 5.41) is 6.06. The van der Waals surface area contributed by atoms with Gasteiger partial charge in [-0.15, -0.1) is 12.3 Å². The summed E-state index contributed by atoms with van der Waals surface area (Å²) in [6, 6.07) is 8.08. The van der Waals surface area contributed by atoms with E-state index in [1.54, 1.807) is 0 Å². The van der Waals surface area contributed by atoms with E-state index in [0.717, 1.165) is 18.7 Å². The highest BCUT2D eigenvalue weighted by Gasteiger charge is 2.00. The van der Waals surface area contributed by atoms with Crippen LogP contribution in [0, 0.1) is 12.3 Å². The van der Waals surface area contributed by atoms with E-state index >= 15 is 0 Å². The van der Waals surface area contributed by atoms with Crippen LogP contribution in [0.3, 0.4) is 0 Å². The zero-order valence-electron chi connectivity index (χ0n) is 10.3. The fourth-order valence-corrected chi connectivity index (χ4v) is 1.45. The van der Waals surface area contributed by atoms with Gasteiger partial charge in [-0.1, -0.05) is 12.1 Å². The van der Waals surface area contributed by atoms with Crippen molar-refractivity contribution in [3.63, 3.8) is 0 Å². The minimum Gasteiger partial charge on any atom is -0.326 e. The molecule has 90 valence electrons. The maximum absolute atomic E-state index is 10.8. The monoisotopic (exact) mass is 230 g/mol. The van der Waals surface area contributed by atoms with Crippen molar-refractivity contribution in [3.05, 3.63) is 29.8 Å². The van der Waals surface area contributed by atoms with Gasteiger partial charge in [-0.2, -0.15) is 0 Å². The molecule has 1 unspecified atom stereocenters. The van der Waals surface area contributed by atoms with E-state index in [2.05, 4.69) is 23.5 Å². The number of anilines is 1. The summed E-state index contributed by atoms with van der Waals surface area (Å²) < 4.78 is 0. The first-order chi connectivity index (χ1) is 8.11. The van der Waals surface area contributed by atoms with Crippen LogP contribution in [0.1, 0.15) is 25.8 Å². The summed E-state index contributed by atoms with van der Waals surface area (Å²) in [6.07, 6.45) is 5.96. The van der Waals surface area contributed by atoms with Crippen molar-refractivity contribution in [2.45, 2.75) is 32.9 Å². The molecule has 0 fully saturated rings. The van der Waals surface area contributed by atoms with Gasteiger partial charge in [0.15, 0.2) is 0 Å². The zero-order chi connectivity index (χ0) is 12.7. The van der Waals surface area contributed by atoms with Gasteiger partial charge in [0.1, 0.15) is 0 Å². The molecule has 0 radical (unpaired) electrons. The highest BCUT2D eigenvalue weighted by molar-refractivity contribution is 5.88. The smallest absolute Gasteiger partial charge is 0.221 e. The normalized spacial score (nSPS) is 11.6. The zero-order valence-corrected chi connectivity index (χ0v) is 10.3. The first-order valence-corrected chi connectivity index (χ1v) is 5.65. The van der Waals surface area contributed by atoms with E-state index in [4.69, 9.17) is 6.42 Å². The number of rotatable bonds is 5. The number of carbonyl (C=O) groups is 1. The molecule has 0 aliphatic rings. The number of carbonyl (C=O) groups excluding carboxylic acids is 1. The lowest BCUT2D eigenvalue weighted by Gasteiger charge is -2.11. The van der Waals surface area contributed by atoms with Crippen molar-refractivity contribution in [2.75, 3.05) is 5.32 Å². The molecular weight excluding hydrogens is 212 g/mol. The van der Waals surface area contributed by atoms with Crippen LogP contribution in [0.2, 0.25) is 0 Å².